The summed E-state index contributed by atoms with van der Waals surface area (Å²) in [7, 11) is -3.18. The zero-order chi connectivity index (χ0) is 26.6. The number of carbonyl (C=O) groups excluding carboxylic acids is 2. The minimum Gasteiger partial charge on any atom is -0.465 e. The molecule has 0 saturated carbocycles. The summed E-state index contributed by atoms with van der Waals surface area (Å²) in [6.07, 6.45) is 1.46. The van der Waals surface area contributed by atoms with E-state index in [4.69, 9.17) is 18.3 Å². The van der Waals surface area contributed by atoms with Crippen LogP contribution in [0.4, 0.5) is 0 Å². The van der Waals surface area contributed by atoms with Gasteiger partial charge in [0.1, 0.15) is 12.2 Å². The lowest BCUT2D eigenvalue weighted by atomic mass is 9.82. The fourth-order valence-electron chi connectivity index (χ4n) is 4.03. The molecule has 3 atom stereocenters. The lowest BCUT2D eigenvalue weighted by molar-refractivity contribution is -0.151. The van der Waals surface area contributed by atoms with Gasteiger partial charge in [-0.05, 0) is 65.6 Å². The van der Waals surface area contributed by atoms with Crippen LogP contribution < -0.4 is 0 Å². The van der Waals surface area contributed by atoms with Crippen LogP contribution >= 0.6 is 0 Å². The lowest BCUT2D eigenvalue weighted by Crippen LogP contribution is -2.53. The number of hydrogen-bond donors (Lipinski definition) is 0. The molecular weight excluding hydrogens is 476 g/mol. The third-order valence-electron chi connectivity index (χ3n) is 8.23. The first-order valence-corrected chi connectivity index (χ1v) is 18.2. The minimum atomic E-state index is -2.32. The van der Waals surface area contributed by atoms with E-state index in [1.165, 1.54) is 7.11 Å². The number of hydrogen-bond acceptors (Lipinski definition) is 6. The normalized spacial score (nSPS) is 25.2. The lowest BCUT2D eigenvalue weighted by Gasteiger charge is -2.45. The summed E-state index contributed by atoms with van der Waals surface area (Å²) < 4.78 is 24.6. The van der Waals surface area contributed by atoms with Crippen LogP contribution in [0.25, 0.3) is 5.57 Å². The van der Waals surface area contributed by atoms with Crippen molar-refractivity contribution in [1.29, 1.82) is 0 Å². The number of benzene rings is 1. The highest BCUT2D eigenvalue weighted by Crippen LogP contribution is 2.50. The van der Waals surface area contributed by atoms with Crippen molar-refractivity contribution in [2.24, 2.45) is 0 Å². The van der Waals surface area contributed by atoms with Gasteiger partial charge in [0, 0.05) is 6.42 Å². The standard InChI is InChI=1S/C27H42O6Si2/c1-25(2,3)34(8,9)32-22-20(18-13-12-14-19(15-18)23(28)30-7)16-27(17-21(22)31-24(27)29)33-35(10,11)26(4,5)6/h12-16,21-22H,17H2,1-11H3/t21-,22-,27+/m1/s1. The number of esters is 2. The molecule has 0 unspecified atom stereocenters. The first kappa shape index (κ1) is 27.8. The quantitative estimate of drug-likeness (QED) is 0.323. The Hall–Kier alpha value is -1.75. The Morgan fingerprint density at radius 1 is 1.03 bits per heavy atom. The highest BCUT2D eigenvalue weighted by molar-refractivity contribution is 6.74. The van der Waals surface area contributed by atoms with E-state index in [-0.39, 0.29) is 16.0 Å². The Kier molecular flexibility index (Phi) is 7.14. The second-order valence-corrected chi connectivity index (χ2v) is 22.4. The van der Waals surface area contributed by atoms with Gasteiger partial charge in [0.2, 0.25) is 0 Å². The Labute approximate surface area is 212 Å². The van der Waals surface area contributed by atoms with E-state index in [0.717, 1.165) is 11.1 Å². The molecule has 1 aliphatic carbocycles. The SMILES string of the molecule is COC(=O)c1cccc(C2=C[C@]3(O[Si](C)(C)C(C)(C)C)C[C@@H](OC3=O)[C@@H]2O[Si](C)(C)C(C)(C)C)c1. The second-order valence-electron chi connectivity index (χ2n) is 12.9. The maximum atomic E-state index is 13.4. The molecule has 1 fully saturated rings. The smallest absolute Gasteiger partial charge is 0.341 e. The summed E-state index contributed by atoms with van der Waals surface area (Å²) >= 11 is 0. The molecule has 6 nitrogen and oxygen atoms in total. The maximum Gasteiger partial charge on any atom is 0.341 e. The minimum absolute atomic E-state index is 0.0270. The molecule has 3 rings (SSSR count). The molecule has 1 saturated heterocycles. The van der Waals surface area contributed by atoms with E-state index >= 15 is 0 Å². The molecule has 2 bridgehead atoms. The predicted octanol–water partition coefficient (Wildman–Crippen LogP) is 6.34. The molecule has 1 aliphatic heterocycles. The number of methoxy groups -OCH3 is 1. The molecular formula is C27H42O6Si2. The number of ether oxygens (including phenoxy) is 2. The van der Waals surface area contributed by atoms with Gasteiger partial charge in [0.05, 0.1) is 12.7 Å². The van der Waals surface area contributed by atoms with E-state index in [0.29, 0.717) is 12.0 Å². The fourth-order valence-corrected chi connectivity index (χ4v) is 6.74. The molecule has 0 spiro atoms. The zero-order valence-electron chi connectivity index (χ0n) is 23.2. The first-order chi connectivity index (χ1) is 15.8. The number of carbonyl (C=O) groups is 2. The summed E-state index contributed by atoms with van der Waals surface area (Å²) in [6.45, 7) is 21.7. The Morgan fingerprint density at radius 3 is 2.17 bits per heavy atom. The summed E-state index contributed by atoms with van der Waals surface area (Å²) in [5.74, 6) is -0.761. The predicted molar refractivity (Wildman–Crippen MR) is 143 cm³/mol. The van der Waals surface area contributed by atoms with Gasteiger partial charge in [-0.2, -0.15) is 0 Å². The van der Waals surface area contributed by atoms with Gasteiger partial charge >= 0.3 is 11.9 Å². The molecule has 1 aromatic carbocycles. The number of rotatable bonds is 6. The Bertz CT molecular complexity index is 1030. The van der Waals surface area contributed by atoms with Crippen molar-refractivity contribution in [1.82, 2.24) is 0 Å². The van der Waals surface area contributed by atoms with Crippen LogP contribution in [0, 0.1) is 0 Å². The zero-order valence-corrected chi connectivity index (χ0v) is 25.2. The molecule has 1 heterocycles. The molecule has 2 aliphatic rings. The molecule has 194 valence electrons. The average Bonchev–Trinajstić information content (AvgIpc) is 2.98. The fraction of sp³-hybridized carbons (Fsp3) is 0.630. The summed E-state index contributed by atoms with van der Waals surface area (Å²) in [6, 6.07) is 7.29. The van der Waals surface area contributed by atoms with Crippen LogP contribution in [-0.2, 0) is 23.1 Å². The van der Waals surface area contributed by atoms with Crippen molar-refractivity contribution in [2.75, 3.05) is 7.11 Å². The second kappa shape index (κ2) is 8.97. The largest absolute Gasteiger partial charge is 0.465 e. The topological polar surface area (TPSA) is 71.1 Å². The summed E-state index contributed by atoms with van der Waals surface area (Å²) in [5.41, 5.74) is 0.933. The summed E-state index contributed by atoms with van der Waals surface area (Å²) in [5, 5.41) is -0.103. The van der Waals surface area contributed by atoms with E-state index in [1.807, 2.05) is 18.2 Å². The number of fused-ring (bicyclic) bond motifs is 2. The summed E-state index contributed by atoms with van der Waals surface area (Å²) in [4.78, 5) is 25.7. The first-order valence-electron chi connectivity index (χ1n) is 12.3. The van der Waals surface area contributed by atoms with Crippen LogP contribution in [0.1, 0.15) is 63.9 Å². The molecule has 0 N–H and O–H groups in total. The van der Waals surface area contributed by atoms with E-state index in [9.17, 15) is 9.59 Å². The van der Waals surface area contributed by atoms with Crippen molar-refractivity contribution in [3.05, 3.63) is 41.5 Å². The molecule has 0 radical (unpaired) electrons. The van der Waals surface area contributed by atoms with Crippen molar-refractivity contribution in [3.8, 4) is 0 Å². The van der Waals surface area contributed by atoms with Gasteiger partial charge in [-0.25, -0.2) is 9.59 Å². The van der Waals surface area contributed by atoms with Crippen molar-refractivity contribution < 1.29 is 27.9 Å². The van der Waals surface area contributed by atoms with E-state index in [2.05, 4.69) is 67.7 Å². The van der Waals surface area contributed by atoms with Crippen molar-refractivity contribution in [3.63, 3.8) is 0 Å². The third-order valence-corrected chi connectivity index (χ3v) is 17.2. The van der Waals surface area contributed by atoms with Gasteiger partial charge in [0.15, 0.2) is 22.2 Å². The van der Waals surface area contributed by atoms with Gasteiger partial charge in [-0.3, -0.25) is 0 Å². The Balaban J connectivity index is 2.17. The van der Waals surface area contributed by atoms with E-state index < -0.39 is 40.4 Å². The van der Waals surface area contributed by atoms with Gasteiger partial charge in [-0.15, -0.1) is 0 Å². The van der Waals surface area contributed by atoms with Crippen LogP contribution in [0.3, 0.4) is 0 Å². The third kappa shape index (κ3) is 5.21. The molecule has 0 aromatic heterocycles. The van der Waals surface area contributed by atoms with Crippen LogP contribution in [-0.4, -0.2) is 53.5 Å². The monoisotopic (exact) mass is 518 g/mol. The van der Waals surface area contributed by atoms with Crippen LogP contribution in [0.5, 0.6) is 0 Å². The molecule has 35 heavy (non-hydrogen) atoms. The molecule has 1 aromatic rings. The maximum absolute atomic E-state index is 13.4. The van der Waals surface area contributed by atoms with Crippen LogP contribution in [0.2, 0.25) is 36.3 Å². The van der Waals surface area contributed by atoms with Gasteiger partial charge in [0.25, 0.3) is 0 Å². The van der Waals surface area contributed by atoms with Crippen LogP contribution in [0.15, 0.2) is 30.3 Å². The van der Waals surface area contributed by atoms with Crippen molar-refractivity contribution in [2.45, 2.75) is 102 Å². The molecule has 8 heteroatoms. The van der Waals surface area contributed by atoms with Gasteiger partial charge < -0.3 is 18.3 Å². The Morgan fingerprint density at radius 2 is 1.63 bits per heavy atom. The van der Waals surface area contributed by atoms with Gasteiger partial charge in [-0.1, -0.05) is 53.7 Å². The average molecular weight is 519 g/mol. The highest BCUT2D eigenvalue weighted by Gasteiger charge is 2.60. The van der Waals surface area contributed by atoms with Crippen molar-refractivity contribution >= 4 is 34.1 Å². The van der Waals surface area contributed by atoms with E-state index in [1.54, 1.807) is 12.1 Å². The highest BCUT2D eigenvalue weighted by atomic mass is 28.4. The molecule has 0 amide bonds.